The number of allylic oxidation sites excluding steroid dienone is 4. The quantitative estimate of drug-likeness (QED) is 0.470. The number of hydrogen-bond donors (Lipinski definition) is 0. The molecular formula is C14H16O. The Labute approximate surface area is 91.3 Å². The summed E-state index contributed by atoms with van der Waals surface area (Å²) in [6, 6.07) is 0. The van der Waals surface area contributed by atoms with Gasteiger partial charge in [-0.2, -0.15) is 0 Å². The number of hydrogen-bond acceptors (Lipinski definition) is 1. The lowest BCUT2D eigenvalue weighted by molar-refractivity contribution is -0.127. The Morgan fingerprint density at radius 1 is 1.53 bits per heavy atom. The van der Waals surface area contributed by atoms with Crippen molar-refractivity contribution in [2.45, 2.75) is 26.2 Å². The average molecular weight is 200 g/mol. The van der Waals surface area contributed by atoms with Crippen LogP contribution >= 0.6 is 0 Å². The maximum atomic E-state index is 12.0. The lowest BCUT2D eigenvalue weighted by Crippen LogP contribution is -2.41. The Morgan fingerprint density at radius 2 is 2.27 bits per heavy atom. The van der Waals surface area contributed by atoms with E-state index in [-0.39, 0.29) is 11.2 Å². The zero-order chi connectivity index (χ0) is 10.9. The Morgan fingerprint density at radius 3 is 3.00 bits per heavy atom. The minimum absolute atomic E-state index is 0.206. The van der Waals surface area contributed by atoms with Crippen LogP contribution in [0.5, 0.6) is 0 Å². The van der Waals surface area contributed by atoms with Gasteiger partial charge in [-0.25, -0.2) is 0 Å². The summed E-state index contributed by atoms with van der Waals surface area (Å²) in [7, 11) is 0. The van der Waals surface area contributed by atoms with Gasteiger partial charge in [0.2, 0.25) is 0 Å². The lowest BCUT2D eigenvalue weighted by Gasteiger charge is -2.42. The summed E-state index contributed by atoms with van der Waals surface area (Å²) < 4.78 is 0. The van der Waals surface area contributed by atoms with Crippen LogP contribution in [0.1, 0.15) is 26.2 Å². The molecule has 0 amide bonds. The largest absolute Gasteiger partial charge is 0.294 e. The Bertz CT molecular complexity index is 369. The SMILES string of the molecule is C#CC[C@]1(C)C(=O)C=C[C@H]2CC=CC[C@H]21. The van der Waals surface area contributed by atoms with Crippen LogP contribution in [0.4, 0.5) is 0 Å². The molecule has 0 bridgehead atoms. The van der Waals surface area contributed by atoms with E-state index in [1.807, 2.05) is 6.92 Å². The summed E-state index contributed by atoms with van der Waals surface area (Å²) in [4.78, 5) is 12.0. The molecule has 1 nitrogen and oxygen atoms in total. The molecule has 2 aliphatic carbocycles. The molecule has 0 saturated heterocycles. The van der Waals surface area contributed by atoms with E-state index in [0.29, 0.717) is 18.3 Å². The van der Waals surface area contributed by atoms with Crippen LogP contribution in [-0.4, -0.2) is 5.78 Å². The molecule has 1 heteroatoms. The summed E-state index contributed by atoms with van der Waals surface area (Å²) in [5.41, 5.74) is -0.334. The molecule has 0 aromatic carbocycles. The van der Waals surface area contributed by atoms with Crippen LogP contribution in [-0.2, 0) is 4.79 Å². The zero-order valence-corrected chi connectivity index (χ0v) is 9.07. The molecule has 0 heterocycles. The average Bonchev–Trinajstić information content (AvgIpc) is 2.25. The first-order chi connectivity index (χ1) is 7.18. The first-order valence-electron chi connectivity index (χ1n) is 5.49. The van der Waals surface area contributed by atoms with Crippen molar-refractivity contribution in [1.82, 2.24) is 0 Å². The van der Waals surface area contributed by atoms with Gasteiger partial charge in [-0.3, -0.25) is 4.79 Å². The van der Waals surface area contributed by atoms with Crippen molar-refractivity contribution < 1.29 is 4.79 Å². The van der Waals surface area contributed by atoms with Gasteiger partial charge in [0, 0.05) is 11.8 Å². The summed E-state index contributed by atoms with van der Waals surface area (Å²) in [6.07, 6.45) is 16.2. The number of carbonyl (C=O) groups is 1. The number of ketones is 1. The van der Waals surface area contributed by atoms with Crippen LogP contribution in [0.2, 0.25) is 0 Å². The molecule has 0 saturated carbocycles. The summed E-state index contributed by atoms with van der Waals surface area (Å²) in [5.74, 6) is 3.77. The number of carbonyl (C=O) groups excluding carboxylic acids is 1. The molecule has 0 N–H and O–H groups in total. The van der Waals surface area contributed by atoms with Crippen molar-refractivity contribution in [2.24, 2.45) is 17.3 Å². The number of fused-ring (bicyclic) bond motifs is 1. The van der Waals surface area contributed by atoms with Crippen molar-refractivity contribution in [1.29, 1.82) is 0 Å². The molecule has 0 spiro atoms. The minimum Gasteiger partial charge on any atom is -0.294 e. The third-order valence-corrected chi connectivity index (χ3v) is 3.83. The smallest absolute Gasteiger partial charge is 0.162 e. The summed E-state index contributed by atoms with van der Waals surface area (Å²) in [6.45, 7) is 2.02. The van der Waals surface area contributed by atoms with E-state index >= 15 is 0 Å². The fourth-order valence-electron chi connectivity index (χ4n) is 2.79. The summed E-state index contributed by atoms with van der Waals surface area (Å²) >= 11 is 0. The fraction of sp³-hybridized carbons (Fsp3) is 0.500. The second kappa shape index (κ2) is 3.70. The van der Waals surface area contributed by atoms with E-state index in [1.165, 1.54) is 0 Å². The first kappa shape index (κ1) is 10.2. The predicted octanol–water partition coefficient (Wildman–Crippen LogP) is 2.74. The van der Waals surface area contributed by atoms with Gasteiger partial charge in [-0.05, 0) is 30.8 Å². The molecule has 0 aliphatic heterocycles. The molecule has 0 fully saturated rings. The molecular weight excluding hydrogens is 184 g/mol. The van der Waals surface area contributed by atoms with E-state index in [0.717, 1.165) is 12.8 Å². The first-order valence-corrected chi connectivity index (χ1v) is 5.49. The third kappa shape index (κ3) is 1.55. The Hall–Kier alpha value is -1.29. The monoisotopic (exact) mass is 200 g/mol. The predicted molar refractivity (Wildman–Crippen MR) is 61.1 cm³/mol. The maximum absolute atomic E-state index is 12.0. The standard InChI is InChI=1S/C14H16O/c1-3-10-14(2)12-7-5-4-6-11(12)8-9-13(14)15/h1,4-5,8-9,11-12H,6-7,10H2,2H3/t11-,12-,14+/m1/s1. The maximum Gasteiger partial charge on any atom is 0.162 e. The summed E-state index contributed by atoms with van der Waals surface area (Å²) in [5, 5.41) is 0. The molecule has 0 unspecified atom stereocenters. The van der Waals surface area contributed by atoms with E-state index in [2.05, 4.69) is 24.1 Å². The van der Waals surface area contributed by atoms with E-state index in [4.69, 9.17) is 6.42 Å². The van der Waals surface area contributed by atoms with Crippen LogP contribution in [0.15, 0.2) is 24.3 Å². The fourth-order valence-corrected chi connectivity index (χ4v) is 2.79. The van der Waals surface area contributed by atoms with Crippen molar-refractivity contribution in [3.05, 3.63) is 24.3 Å². The highest BCUT2D eigenvalue weighted by atomic mass is 16.1. The van der Waals surface area contributed by atoms with Gasteiger partial charge >= 0.3 is 0 Å². The topological polar surface area (TPSA) is 17.1 Å². The normalized spacial score (nSPS) is 38.5. The van der Waals surface area contributed by atoms with Gasteiger partial charge < -0.3 is 0 Å². The van der Waals surface area contributed by atoms with Crippen molar-refractivity contribution in [2.75, 3.05) is 0 Å². The molecule has 78 valence electrons. The third-order valence-electron chi connectivity index (χ3n) is 3.83. The second-order valence-corrected chi connectivity index (χ2v) is 4.73. The van der Waals surface area contributed by atoms with E-state index in [9.17, 15) is 4.79 Å². The molecule has 15 heavy (non-hydrogen) atoms. The number of rotatable bonds is 1. The highest BCUT2D eigenvalue weighted by Crippen LogP contribution is 2.46. The molecule has 0 aromatic heterocycles. The van der Waals surface area contributed by atoms with Gasteiger partial charge in [0.25, 0.3) is 0 Å². The van der Waals surface area contributed by atoms with Gasteiger partial charge in [-0.15, -0.1) is 12.3 Å². The Balaban J connectivity index is 2.36. The Kier molecular flexibility index (Phi) is 2.52. The van der Waals surface area contributed by atoms with Crippen LogP contribution in [0, 0.1) is 29.6 Å². The number of terminal acetylenes is 1. The van der Waals surface area contributed by atoms with Crippen LogP contribution < -0.4 is 0 Å². The zero-order valence-electron chi connectivity index (χ0n) is 9.07. The van der Waals surface area contributed by atoms with Gasteiger partial charge in [0.15, 0.2) is 5.78 Å². The second-order valence-electron chi connectivity index (χ2n) is 4.73. The van der Waals surface area contributed by atoms with Gasteiger partial charge in [-0.1, -0.05) is 25.2 Å². The van der Waals surface area contributed by atoms with Crippen LogP contribution in [0.25, 0.3) is 0 Å². The molecule has 0 aromatic rings. The van der Waals surface area contributed by atoms with Crippen molar-refractivity contribution in [3.63, 3.8) is 0 Å². The van der Waals surface area contributed by atoms with Gasteiger partial charge in [0.05, 0.1) is 0 Å². The highest BCUT2D eigenvalue weighted by molar-refractivity contribution is 5.96. The molecule has 2 aliphatic rings. The highest BCUT2D eigenvalue weighted by Gasteiger charge is 2.44. The molecule has 2 rings (SSSR count). The lowest BCUT2D eigenvalue weighted by atomic mass is 9.60. The minimum atomic E-state index is -0.334. The van der Waals surface area contributed by atoms with Gasteiger partial charge in [0.1, 0.15) is 0 Å². The van der Waals surface area contributed by atoms with Crippen LogP contribution in [0.3, 0.4) is 0 Å². The van der Waals surface area contributed by atoms with Crippen molar-refractivity contribution in [3.8, 4) is 12.3 Å². The molecule has 3 atom stereocenters. The van der Waals surface area contributed by atoms with Crippen molar-refractivity contribution >= 4 is 5.78 Å². The molecule has 0 radical (unpaired) electrons. The van der Waals surface area contributed by atoms with E-state index < -0.39 is 0 Å². The van der Waals surface area contributed by atoms with E-state index in [1.54, 1.807) is 6.08 Å².